The first kappa shape index (κ1) is 6.41. The van der Waals surface area contributed by atoms with Crippen molar-refractivity contribution < 1.29 is 4.42 Å². The van der Waals surface area contributed by atoms with Gasteiger partial charge in [-0.15, -0.1) is 0 Å². The van der Waals surface area contributed by atoms with Gasteiger partial charge in [0.2, 0.25) is 0 Å². The smallest absolute Gasteiger partial charge is 0.198 e. The molecule has 1 aromatic heterocycles. The van der Waals surface area contributed by atoms with E-state index in [2.05, 4.69) is 4.98 Å². The summed E-state index contributed by atoms with van der Waals surface area (Å²) in [6.45, 7) is 0. The largest absolute Gasteiger partial charge is 0.447 e. The van der Waals surface area contributed by atoms with Crippen molar-refractivity contribution in [1.29, 1.82) is 5.26 Å². The van der Waals surface area contributed by atoms with E-state index in [9.17, 15) is 0 Å². The van der Waals surface area contributed by atoms with Crippen LogP contribution in [0.25, 0.3) is 0 Å². The minimum atomic E-state index is 0.395. The Morgan fingerprint density at radius 3 is 2.91 bits per heavy atom. The lowest BCUT2D eigenvalue weighted by Crippen LogP contribution is -2.08. The van der Waals surface area contributed by atoms with Crippen LogP contribution >= 0.6 is 0 Å². The van der Waals surface area contributed by atoms with Crippen LogP contribution in [0.5, 0.6) is 0 Å². The van der Waals surface area contributed by atoms with Crippen LogP contribution in [0, 0.1) is 11.3 Å². The van der Waals surface area contributed by atoms with Crippen molar-refractivity contribution in [3.05, 3.63) is 17.8 Å². The Bertz CT molecular complexity index is 293. The molecule has 1 heterocycles. The van der Waals surface area contributed by atoms with Crippen LogP contribution in [0.3, 0.4) is 0 Å². The van der Waals surface area contributed by atoms with Gasteiger partial charge in [-0.3, -0.25) is 0 Å². The van der Waals surface area contributed by atoms with Gasteiger partial charge in [0.25, 0.3) is 0 Å². The first-order valence-corrected chi connectivity index (χ1v) is 3.75. The molecule has 0 spiro atoms. The number of nitriles is 1. The third kappa shape index (κ3) is 1.01. The van der Waals surface area contributed by atoms with Gasteiger partial charge in [0.1, 0.15) is 12.3 Å². The molecule has 0 N–H and O–H groups in total. The van der Waals surface area contributed by atoms with Gasteiger partial charge in [-0.05, 0) is 12.8 Å². The molecule has 0 aliphatic heterocycles. The maximum atomic E-state index is 8.45. The maximum Gasteiger partial charge on any atom is 0.198 e. The lowest BCUT2D eigenvalue weighted by molar-refractivity contribution is 0.335. The van der Waals surface area contributed by atoms with Crippen LogP contribution < -0.4 is 0 Å². The van der Waals surface area contributed by atoms with E-state index < -0.39 is 0 Å². The molecule has 1 aliphatic carbocycles. The SMILES string of the molecule is N#Cc1coc(C2CCC2)n1. The maximum absolute atomic E-state index is 8.45. The summed E-state index contributed by atoms with van der Waals surface area (Å²) in [5.74, 6) is 1.23. The standard InChI is InChI=1S/C8H8N2O/c9-4-7-5-11-8(10-7)6-2-1-3-6/h5-6H,1-3H2. The van der Waals surface area contributed by atoms with Crippen molar-refractivity contribution in [2.75, 3.05) is 0 Å². The summed E-state index contributed by atoms with van der Waals surface area (Å²) in [6.07, 6.45) is 5.00. The fourth-order valence-corrected chi connectivity index (χ4v) is 1.18. The van der Waals surface area contributed by atoms with Crippen molar-refractivity contribution in [2.24, 2.45) is 0 Å². The van der Waals surface area contributed by atoms with Gasteiger partial charge in [0.15, 0.2) is 11.6 Å². The Morgan fingerprint density at radius 1 is 1.64 bits per heavy atom. The summed E-state index contributed by atoms with van der Waals surface area (Å²) in [5, 5.41) is 8.45. The normalized spacial score (nSPS) is 17.4. The number of aromatic nitrogens is 1. The molecule has 3 heteroatoms. The predicted octanol–water partition coefficient (Wildman–Crippen LogP) is 1.81. The predicted molar refractivity (Wildman–Crippen MR) is 37.8 cm³/mol. The van der Waals surface area contributed by atoms with E-state index in [-0.39, 0.29) is 0 Å². The second kappa shape index (κ2) is 2.39. The van der Waals surface area contributed by atoms with Gasteiger partial charge < -0.3 is 4.42 Å². The van der Waals surface area contributed by atoms with Crippen molar-refractivity contribution in [1.82, 2.24) is 4.98 Å². The highest BCUT2D eigenvalue weighted by Gasteiger charge is 2.23. The van der Waals surface area contributed by atoms with Gasteiger partial charge in [-0.25, -0.2) is 4.98 Å². The molecule has 0 amide bonds. The molecule has 0 unspecified atom stereocenters. The first-order valence-electron chi connectivity index (χ1n) is 3.75. The van der Waals surface area contributed by atoms with Crippen LogP contribution in [-0.4, -0.2) is 4.98 Å². The Morgan fingerprint density at radius 2 is 2.45 bits per heavy atom. The molecular formula is C8H8N2O. The molecule has 0 saturated heterocycles. The topological polar surface area (TPSA) is 49.8 Å². The Balaban J connectivity index is 2.19. The lowest BCUT2D eigenvalue weighted by atomic mass is 9.85. The molecule has 3 nitrogen and oxygen atoms in total. The molecule has 1 fully saturated rings. The summed E-state index contributed by atoms with van der Waals surface area (Å²) in [5.41, 5.74) is 0.395. The van der Waals surface area contributed by atoms with Gasteiger partial charge in [-0.1, -0.05) is 6.42 Å². The highest BCUT2D eigenvalue weighted by Crippen LogP contribution is 2.35. The van der Waals surface area contributed by atoms with E-state index in [1.807, 2.05) is 6.07 Å². The molecule has 0 radical (unpaired) electrons. The average Bonchev–Trinajstić information content (AvgIpc) is 2.32. The van der Waals surface area contributed by atoms with Crippen LogP contribution in [-0.2, 0) is 0 Å². The Hall–Kier alpha value is -1.30. The number of oxazole rings is 1. The number of nitrogens with zero attached hydrogens (tertiary/aromatic N) is 2. The van der Waals surface area contributed by atoms with E-state index in [0.29, 0.717) is 11.6 Å². The molecule has 0 bridgehead atoms. The Kier molecular flexibility index (Phi) is 1.39. The van der Waals surface area contributed by atoms with Crippen LogP contribution in [0.1, 0.15) is 36.8 Å². The first-order chi connectivity index (χ1) is 5.40. The molecule has 56 valence electrons. The summed E-state index contributed by atoms with van der Waals surface area (Å²) in [4.78, 5) is 4.02. The molecule has 1 saturated carbocycles. The summed E-state index contributed by atoms with van der Waals surface area (Å²) >= 11 is 0. The molecule has 0 aromatic carbocycles. The Labute approximate surface area is 64.7 Å². The second-order valence-corrected chi connectivity index (χ2v) is 2.81. The van der Waals surface area contributed by atoms with Crippen molar-refractivity contribution in [3.63, 3.8) is 0 Å². The molecule has 0 atom stereocenters. The van der Waals surface area contributed by atoms with Gasteiger partial charge >= 0.3 is 0 Å². The van der Waals surface area contributed by atoms with Gasteiger partial charge in [-0.2, -0.15) is 5.26 Å². The fraction of sp³-hybridized carbons (Fsp3) is 0.500. The molecule has 1 aromatic rings. The van der Waals surface area contributed by atoms with E-state index in [1.165, 1.54) is 12.7 Å². The van der Waals surface area contributed by atoms with E-state index in [4.69, 9.17) is 9.68 Å². The average molecular weight is 148 g/mol. The molecule has 11 heavy (non-hydrogen) atoms. The monoisotopic (exact) mass is 148 g/mol. The van der Waals surface area contributed by atoms with Crippen LogP contribution in [0.4, 0.5) is 0 Å². The lowest BCUT2D eigenvalue weighted by Gasteiger charge is -2.21. The highest BCUT2D eigenvalue weighted by molar-refractivity contribution is 5.16. The quantitative estimate of drug-likeness (QED) is 0.610. The molecule has 1 aliphatic rings. The van der Waals surface area contributed by atoms with Crippen LogP contribution in [0.2, 0.25) is 0 Å². The second-order valence-electron chi connectivity index (χ2n) is 2.81. The summed E-state index contributed by atoms with van der Waals surface area (Å²) in [7, 11) is 0. The zero-order chi connectivity index (χ0) is 7.68. The zero-order valence-electron chi connectivity index (χ0n) is 6.08. The van der Waals surface area contributed by atoms with E-state index in [1.54, 1.807) is 0 Å². The van der Waals surface area contributed by atoms with E-state index in [0.717, 1.165) is 18.7 Å². The number of hydrogen-bond acceptors (Lipinski definition) is 3. The van der Waals surface area contributed by atoms with Crippen molar-refractivity contribution >= 4 is 0 Å². The summed E-state index contributed by atoms with van der Waals surface area (Å²) < 4.78 is 5.13. The minimum Gasteiger partial charge on any atom is -0.447 e. The van der Waals surface area contributed by atoms with E-state index >= 15 is 0 Å². The highest BCUT2D eigenvalue weighted by atomic mass is 16.3. The number of hydrogen-bond donors (Lipinski definition) is 0. The van der Waals surface area contributed by atoms with Crippen molar-refractivity contribution in [3.8, 4) is 6.07 Å². The minimum absolute atomic E-state index is 0.395. The third-order valence-corrected chi connectivity index (χ3v) is 2.09. The molecular weight excluding hydrogens is 140 g/mol. The third-order valence-electron chi connectivity index (χ3n) is 2.09. The fourth-order valence-electron chi connectivity index (χ4n) is 1.18. The van der Waals surface area contributed by atoms with Crippen molar-refractivity contribution in [2.45, 2.75) is 25.2 Å². The summed E-state index contributed by atoms with van der Waals surface area (Å²) in [6, 6.07) is 1.95. The zero-order valence-corrected chi connectivity index (χ0v) is 6.08. The molecule has 2 rings (SSSR count). The van der Waals surface area contributed by atoms with Gasteiger partial charge in [0, 0.05) is 5.92 Å². The van der Waals surface area contributed by atoms with Crippen LogP contribution in [0.15, 0.2) is 10.7 Å². The van der Waals surface area contributed by atoms with Gasteiger partial charge in [0.05, 0.1) is 0 Å². The number of rotatable bonds is 1.